The fourth-order valence-corrected chi connectivity index (χ4v) is 0.855. The minimum absolute atomic E-state index is 0.275. The van der Waals surface area contributed by atoms with Crippen molar-refractivity contribution in [2.45, 2.75) is 0 Å². The molecule has 1 aromatic carbocycles. The van der Waals surface area contributed by atoms with Gasteiger partial charge in [-0.1, -0.05) is 0 Å². The van der Waals surface area contributed by atoms with Crippen molar-refractivity contribution in [1.82, 2.24) is 0 Å². The van der Waals surface area contributed by atoms with Gasteiger partial charge in [-0.15, -0.1) is 0 Å². The lowest BCUT2D eigenvalue weighted by molar-refractivity contribution is -0.386. The predicted octanol–water partition coefficient (Wildman–Crippen LogP) is 2.06. The molecule has 0 spiro atoms. The van der Waals surface area contributed by atoms with Gasteiger partial charge in [0.1, 0.15) is 0 Å². The van der Waals surface area contributed by atoms with E-state index in [0.717, 1.165) is 0 Å². The van der Waals surface area contributed by atoms with E-state index in [1.165, 1.54) is 0 Å². The number of benzene rings is 1. The maximum absolute atomic E-state index is 12.8. The first-order valence-electron chi connectivity index (χ1n) is 3.19. The Labute approximate surface area is 75.2 Å². The fraction of sp³-hybridized carbons (Fsp3) is 0. The Hall–Kier alpha value is -2.30. The maximum atomic E-state index is 12.8. The molecule has 0 heterocycles. The molecule has 0 saturated heterocycles. The van der Waals surface area contributed by atoms with Crippen molar-refractivity contribution in [3.63, 3.8) is 0 Å². The van der Waals surface area contributed by atoms with Gasteiger partial charge in [0, 0.05) is 6.07 Å². The molecule has 0 unspecified atom stereocenters. The average Bonchev–Trinajstić information content (AvgIpc) is 2.10. The molecule has 0 aliphatic carbocycles. The molecule has 14 heavy (non-hydrogen) atoms. The smallest absolute Gasteiger partial charge is 0.501 e. The van der Waals surface area contributed by atoms with Crippen LogP contribution in [0.5, 0.6) is 5.75 Å². The van der Waals surface area contributed by atoms with E-state index >= 15 is 0 Å². The van der Waals surface area contributed by atoms with Gasteiger partial charge in [-0.3, -0.25) is 10.1 Å². The highest BCUT2D eigenvalue weighted by molar-refractivity contribution is 5.70. The molecule has 1 N–H and O–H groups in total. The molecule has 6 nitrogen and oxygen atoms in total. The second kappa shape index (κ2) is 3.21. The van der Waals surface area contributed by atoms with Crippen molar-refractivity contribution in [3.8, 4) is 5.75 Å². The van der Waals surface area contributed by atoms with Gasteiger partial charge in [-0.25, -0.2) is 4.39 Å². The molecule has 0 atom stereocenters. The highest BCUT2D eigenvalue weighted by Gasteiger charge is 2.37. The van der Waals surface area contributed by atoms with E-state index in [1.54, 1.807) is 0 Å². The first-order chi connectivity index (χ1) is 6.49. The molecule has 0 aliphatic heterocycles. The van der Waals surface area contributed by atoms with Gasteiger partial charge in [0.05, 0.1) is 4.92 Å². The van der Waals surface area contributed by atoms with E-state index in [1.807, 2.05) is 0 Å². The lowest BCUT2D eigenvalue weighted by atomic mass is 10.2. The first-order valence-corrected chi connectivity index (χ1v) is 3.19. The van der Waals surface area contributed by atoms with E-state index in [2.05, 4.69) is 4.98 Å². The summed E-state index contributed by atoms with van der Waals surface area (Å²) in [7, 11) is 0. The van der Waals surface area contributed by atoms with Crippen molar-refractivity contribution in [3.05, 3.63) is 32.8 Å². The number of hydrogen-bond donors (Lipinski definition) is 1. The summed E-state index contributed by atoms with van der Waals surface area (Å²) < 4.78 is 25.3. The number of diazo groups is 1. The van der Waals surface area contributed by atoms with Crippen molar-refractivity contribution >= 4 is 11.4 Å². The number of halogens is 2. The van der Waals surface area contributed by atoms with Crippen molar-refractivity contribution in [2.75, 3.05) is 0 Å². The highest BCUT2D eigenvalue weighted by atomic mass is 19.2. The fourth-order valence-electron chi connectivity index (χ4n) is 0.855. The van der Waals surface area contributed by atoms with Crippen LogP contribution in [0.3, 0.4) is 0 Å². The zero-order valence-corrected chi connectivity index (χ0v) is 6.44. The molecule has 0 fully saturated rings. The summed E-state index contributed by atoms with van der Waals surface area (Å²) in [5.74, 6) is -4.40. The summed E-state index contributed by atoms with van der Waals surface area (Å²) in [4.78, 5) is 11.2. The molecule has 72 valence electrons. The van der Waals surface area contributed by atoms with Crippen molar-refractivity contribution < 1.29 is 18.8 Å². The highest BCUT2D eigenvalue weighted by Crippen LogP contribution is 2.39. The first kappa shape index (κ1) is 9.79. The summed E-state index contributed by atoms with van der Waals surface area (Å²) in [6, 6.07) is 0.275. The Morgan fingerprint density at radius 2 is 2.14 bits per heavy atom. The standard InChI is InChI=1S/C6HF2N3O3/c7-2-1-3(12)5(10-9)6(4(2)8)11(13)14/h1H/p+1. The Morgan fingerprint density at radius 3 is 2.57 bits per heavy atom. The van der Waals surface area contributed by atoms with Gasteiger partial charge in [-0.05, 0) is 0 Å². The Bertz CT molecular complexity index is 455. The van der Waals surface area contributed by atoms with Crippen LogP contribution in [0.25, 0.3) is 4.98 Å². The summed E-state index contributed by atoms with van der Waals surface area (Å²) in [6.07, 6.45) is 0. The van der Waals surface area contributed by atoms with Crippen LogP contribution in [-0.4, -0.2) is 10.0 Å². The summed E-state index contributed by atoms with van der Waals surface area (Å²) in [6.45, 7) is 0. The van der Waals surface area contributed by atoms with Crippen LogP contribution in [-0.2, 0) is 0 Å². The number of nitro benzene ring substituents is 1. The number of nitro groups is 1. The SMILES string of the molecule is N#[N+]c1c(O)cc(F)c(F)c1[N+](=O)[O-]. The van der Waals surface area contributed by atoms with Crippen LogP contribution < -0.4 is 0 Å². The third-order valence-electron chi connectivity index (χ3n) is 1.43. The minimum Gasteiger partial charge on any atom is -0.501 e. The lowest BCUT2D eigenvalue weighted by Crippen LogP contribution is -1.96. The molecule has 8 heteroatoms. The van der Waals surface area contributed by atoms with E-state index in [9.17, 15) is 18.9 Å². The van der Waals surface area contributed by atoms with Crippen molar-refractivity contribution in [2.24, 2.45) is 0 Å². The van der Waals surface area contributed by atoms with E-state index in [0.29, 0.717) is 0 Å². The van der Waals surface area contributed by atoms with Gasteiger partial charge in [0.15, 0.2) is 10.8 Å². The average molecular weight is 202 g/mol. The molecule has 0 amide bonds. The van der Waals surface area contributed by atoms with Crippen molar-refractivity contribution in [1.29, 1.82) is 5.39 Å². The van der Waals surface area contributed by atoms with Gasteiger partial charge in [0.25, 0.3) is 0 Å². The zero-order chi connectivity index (χ0) is 10.9. The second-order valence-corrected chi connectivity index (χ2v) is 2.25. The Kier molecular flexibility index (Phi) is 2.25. The molecule has 0 aromatic heterocycles. The summed E-state index contributed by atoms with van der Waals surface area (Å²) in [5, 5.41) is 27.3. The Balaban J connectivity index is 3.67. The number of phenols is 1. The number of rotatable bonds is 1. The number of phenolic OH excluding ortho intramolecular Hbond substituents is 1. The third kappa shape index (κ3) is 1.31. The molecule has 1 aromatic rings. The topological polar surface area (TPSA) is 91.5 Å². The quantitative estimate of drug-likeness (QED) is 0.428. The number of hydrogen-bond acceptors (Lipinski definition) is 4. The number of aromatic hydroxyl groups is 1. The lowest BCUT2D eigenvalue weighted by Gasteiger charge is -1.93. The predicted molar refractivity (Wildman–Crippen MR) is 39.4 cm³/mol. The van der Waals surface area contributed by atoms with E-state index in [4.69, 9.17) is 10.5 Å². The summed E-state index contributed by atoms with van der Waals surface area (Å²) in [5.41, 5.74) is -2.43. The van der Waals surface area contributed by atoms with E-state index < -0.39 is 33.7 Å². The molecule has 0 aliphatic rings. The van der Waals surface area contributed by atoms with Gasteiger partial charge in [-0.2, -0.15) is 4.39 Å². The molecule has 1 rings (SSSR count). The number of nitrogens with zero attached hydrogens (tertiary/aromatic N) is 3. The van der Waals surface area contributed by atoms with Gasteiger partial charge in [0.2, 0.25) is 17.0 Å². The zero-order valence-electron chi connectivity index (χ0n) is 6.44. The van der Waals surface area contributed by atoms with Crippen LogP contribution in [0.4, 0.5) is 20.2 Å². The largest absolute Gasteiger partial charge is 0.505 e. The molecular weight excluding hydrogens is 200 g/mol. The van der Waals surface area contributed by atoms with Gasteiger partial charge < -0.3 is 5.11 Å². The third-order valence-corrected chi connectivity index (χ3v) is 1.43. The molecule has 0 saturated carbocycles. The molecular formula is C6H2F2N3O3+. The van der Waals surface area contributed by atoms with Gasteiger partial charge >= 0.3 is 11.4 Å². The van der Waals surface area contributed by atoms with Crippen LogP contribution in [0.1, 0.15) is 0 Å². The van der Waals surface area contributed by atoms with Crippen LogP contribution in [0.2, 0.25) is 0 Å². The van der Waals surface area contributed by atoms with E-state index in [-0.39, 0.29) is 6.07 Å². The van der Waals surface area contributed by atoms with Crippen LogP contribution in [0.15, 0.2) is 6.07 Å². The maximum Gasteiger partial charge on any atom is 0.505 e. The second-order valence-electron chi connectivity index (χ2n) is 2.25. The van der Waals surface area contributed by atoms with Crippen LogP contribution >= 0.6 is 0 Å². The monoisotopic (exact) mass is 202 g/mol. The molecule has 0 bridgehead atoms. The minimum atomic E-state index is -1.79. The molecule has 0 radical (unpaired) electrons. The summed E-state index contributed by atoms with van der Waals surface area (Å²) >= 11 is 0. The Morgan fingerprint density at radius 1 is 1.57 bits per heavy atom. The normalized spacial score (nSPS) is 9.50. The van der Waals surface area contributed by atoms with Crippen LogP contribution in [0, 0.1) is 27.1 Å².